The molecule has 146 valence electrons. The number of rotatable bonds is 10. The highest BCUT2D eigenvalue weighted by atomic mass is 127. The maximum atomic E-state index is 12.0. The van der Waals surface area contributed by atoms with E-state index in [2.05, 4.69) is 35.8 Å². The molecule has 0 bridgehead atoms. The lowest BCUT2D eigenvalue weighted by Gasteiger charge is -2.15. The van der Waals surface area contributed by atoms with E-state index in [0.717, 1.165) is 17.7 Å². The Bertz CT molecular complexity index is 630. The number of aliphatic imine (C=N–C) groups is 1. The summed E-state index contributed by atoms with van der Waals surface area (Å²) < 4.78 is 27.0. The third-order valence-electron chi connectivity index (χ3n) is 3.48. The summed E-state index contributed by atoms with van der Waals surface area (Å²) >= 11 is 1.25. The number of halogens is 1. The maximum Gasteiger partial charge on any atom is 0.250 e. The molecule has 9 heteroatoms. The van der Waals surface area contributed by atoms with Gasteiger partial charge in [0.15, 0.2) is 5.96 Å². The number of guanidine groups is 1. The van der Waals surface area contributed by atoms with Crippen LogP contribution in [-0.4, -0.2) is 33.5 Å². The maximum absolute atomic E-state index is 12.0. The average Bonchev–Trinajstić information content (AvgIpc) is 2.90. The molecule has 0 amide bonds. The molecule has 0 aliphatic carbocycles. The molecule has 25 heavy (non-hydrogen) atoms. The first-order valence-corrected chi connectivity index (χ1v) is 10.6. The van der Waals surface area contributed by atoms with Gasteiger partial charge in [0.2, 0.25) is 10.0 Å². The molecule has 6 nitrogen and oxygen atoms in total. The fraction of sp³-hybridized carbons (Fsp3) is 0.688. The van der Waals surface area contributed by atoms with Gasteiger partial charge in [-0.05, 0) is 38.3 Å². The first-order chi connectivity index (χ1) is 11.2. The zero-order valence-corrected chi connectivity index (χ0v) is 19.4. The zero-order valence-electron chi connectivity index (χ0n) is 15.4. The predicted octanol–water partition coefficient (Wildman–Crippen LogP) is 3.07. The molecule has 0 saturated heterocycles. The molecule has 1 unspecified atom stereocenters. The van der Waals surface area contributed by atoms with Crippen LogP contribution in [0, 0.1) is 12.8 Å². The van der Waals surface area contributed by atoms with Crippen LogP contribution in [0.3, 0.4) is 0 Å². The second-order valence-electron chi connectivity index (χ2n) is 6.40. The fourth-order valence-electron chi connectivity index (χ4n) is 2.19. The van der Waals surface area contributed by atoms with E-state index in [9.17, 15) is 8.42 Å². The molecule has 0 saturated carbocycles. The molecule has 0 aliphatic rings. The predicted molar refractivity (Wildman–Crippen MR) is 117 cm³/mol. The molecule has 1 heterocycles. The van der Waals surface area contributed by atoms with Crippen molar-refractivity contribution in [2.75, 3.05) is 13.1 Å². The Morgan fingerprint density at radius 3 is 2.52 bits per heavy atom. The van der Waals surface area contributed by atoms with Crippen LogP contribution >= 0.6 is 35.3 Å². The molecular weight excluding hydrogens is 471 g/mol. The number of nitrogens with zero attached hydrogens (tertiary/aromatic N) is 1. The van der Waals surface area contributed by atoms with Gasteiger partial charge in [-0.1, -0.05) is 26.7 Å². The van der Waals surface area contributed by atoms with Crippen LogP contribution in [0.1, 0.15) is 44.9 Å². The highest BCUT2D eigenvalue weighted by molar-refractivity contribution is 14.0. The number of nitrogens with two attached hydrogens (primary N) is 1. The quantitative estimate of drug-likeness (QED) is 0.198. The highest BCUT2D eigenvalue weighted by Gasteiger charge is 2.15. The van der Waals surface area contributed by atoms with E-state index in [1.807, 2.05) is 6.92 Å². The minimum atomic E-state index is -3.44. The summed E-state index contributed by atoms with van der Waals surface area (Å²) in [5.74, 6) is 1.07. The first kappa shape index (κ1) is 24.6. The smallest absolute Gasteiger partial charge is 0.250 e. The van der Waals surface area contributed by atoms with E-state index in [4.69, 9.17) is 5.73 Å². The van der Waals surface area contributed by atoms with Crippen LogP contribution in [0.2, 0.25) is 0 Å². The van der Waals surface area contributed by atoms with Crippen LogP contribution < -0.4 is 15.8 Å². The fourth-order valence-corrected chi connectivity index (χ4v) is 4.54. The molecule has 1 atom stereocenters. The molecule has 4 N–H and O–H groups in total. The number of aryl methyl sites for hydroxylation is 1. The summed E-state index contributed by atoms with van der Waals surface area (Å²) in [4.78, 5) is 5.14. The molecular formula is C16H31IN4O2S2. The van der Waals surface area contributed by atoms with Crippen molar-refractivity contribution in [3.8, 4) is 0 Å². The van der Waals surface area contributed by atoms with E-state index >= 15 is 0 Å². The summed E-state index contributed by atoms with van der Waals surface area (Å²) in [6.07, 6.45) is 3.39. The van der Waals surface area contributed by atoms with Gasteiger partial charge in [-0.15, -0.1) is 35.3 Å². The van der Waals surface area contributed by atoms with Gasteiger partial charge in [-0.25, -0.2) is 13.1 Å². The van der Waals surface area contributed by atoms with Gasteiger partial charge < -0.3 is 11.1 Å². The van der Waals surface area contributed by atoms with Gasteiger partial charge in [0.05, 0.1) is 6.54 Å². The Kier molecular flexibility index (Phi) is 11.9. The number of thiophene rings is 1. The van der Waals surface area contributed by atoms with Gasteiger partial charge >= 0.3 is 0 Å². The van der Waals surface area contributed by atoms with Crippen molar-refractivity contribution in [2.24, 2.45) is 16.6 Å². The van der Waals surface area contributed by atoms with Crippen molar-refractivity contribution in [3.63, 3.8) is 0 Å². The van der Waals surface area contributed by atoms with Crippen LogP contribution in [0.4, 0.5) is 0 Å². The average molecular weight is 502 g/mol. The van der Waals surface area contributed by atoms with Crippen molar-refractivity contribution in [1.29, 1.82) is 0 Å². The van der Waals surface area contributed by atoms with E-state index in [0.29, 0.717) is 22.6 Å². The third-order valence-corrected chi connectivity index (χ3v) is 6.43. The van der Waals surface area contributed by atoms with Crippen molar-refractivity contribution in [3.05, 3.63) is 17.0 Å². The van der Waals surface area contributed by atoms with Crippen LogP contribution in [0.25, 0.3) is 0 Å². The lowest BCUT2D eigenvalue weighted by Crippen LogP contribution is -2.39. The number of hydrogen-bond acceptors (Lipinski definition) is 4. The van der Waals surface area contributed by atoms with Crippen molar-refractivity contribution >= 4 is 51.3 Å². The lowest BCUT2D eigenvalue weighted by molar-refractivity contribution is 0.493. The Labute approximate surface area is 173 Å². The Morgan fingerprint density at radius 2 is 1.96 bits per heavy atom. The minimum absolute atomic E-state index is 0. The van der Waals surface area contributed by atoms with Crippen LogP contribution in [0.15, 0.2) is 21.3 Å². The molecule has 1 rings (SSSR count). The summed E-state index contributed by atoms with van der Waals surface area (Å²) in [6, 6.07) is 3.67. The van der Waals surface area contributed by atoms with Gasteiger partial charge in [-0.2, -0.15) is 0 Å². The molecule has 0 fully saturated rings. The summed E-state index contributed by atoms with van der Waals surface area (Å²) in [6.45, 7) is 8.91. The Hall–Kier alpha value is -0.390. The highest BCUT2D eigenvalue weighted by Crippen LogP contribution is 2.19. The second kappa shape index (κ2) is 12.1. The summed E-state index contributed by atoms with van der Waals surface area (Å²) in [5, 5.41) is 3.14. The van der Waals surface area contributed by atoms with Gasteiger partial charge in [0.25, 0.3) is 0 Å². The van der Waals surface area contributed by atoms with Crippen LogP contribution in [-0.2, 0) is 10.0 Å². The molecule has 0 spiro atoms. The van der Waals surface area contributed by atoms with E-state index in [1.54, 1.807) is 12.1 Å². The second-order valence-corrected chi connectivity index (χ2v) is 9.68. The van der Waals surface area contributed by atoms with Crippen LogP contribution in [0.5, 0.6) is 0 Å². The standard InChI is InChI=1S/C16H30N4O2S2.HI/c1-12(2)6-5-7-13(3)20-16(17)18-10-11-19-24(21,22)15-9-8-14(4)23-15;/h8-9,12-13,19H,5-7,10-11H2,1-4H3,(H3,17,18,20);1H. The van der Waals surface area contributed by atoms with Gasteiger partial charge in [0.1, 0.15) is 4.21 Å². The Morgan fingerprint density at radius 1 is 1.28 bits per heavy atom. The summed E-state index contributed by atoms with van der Waals surface area (Å²) in [7, 11) is -3.44. The largest absolute Gasteiger partial charge is 0.370 e. The topological polar surface area (TPSA) is 96.6 Å². The van der Waals surface area contributed by atoms with Crippen molar-refractivity contribution < 1.29 is 8.42 Å². The third kappa shape index (κ3) is 10.4. The van der Waals surface area contributed by atoms with Crippen molar-refractivity contribution in [1.82, 2.24) is 10.0 Å². The monoisotopic (exact) mass is 502 g/mol. The first-order valence-electron chi connectivity index (χ1n) is 8.33. The molecule has 1 aromatic heterocycles. The summed E-state index contributed by atoms with van der Waals surface area (Å²) in [5.41, 5.74) is 5.83. The Balaban J connectivity index is 0.00000576. The van der Waals surface area contributed by atoms with E-state index in [1.165, 1.54) is 17.8 Å². The lowest BCUT2D eigenvalue weighted by atomic mass is 10.0. The molecule has 0 radical (unpaired) electrons. The molecule has 1 aromatic rings. The zero-order chi connectivity index (χ0) is 18.2. The van der Waals surface area contributed by atoms with Gasteiger partial charge in [-0.3, -0.25) is 4.99 Å². The van der Waals surface area contributed by atoms with E-state index in [-0.39, 0.29) is 36.6 Å². The number of hydrogen-bond donors (Lipinski definition) is 3. The number of nitrogens with one attached hydrogen (secondary N) is 2. The normalized spacial score (nSPS) is 13.6. The van der Waals surface area contributed by atoms with Crippen molar-refractivity contribution in [2.45, 2.75) is 57.2 Å². The SMILES string of the molecule is Cc1ccc(S(=O)(=O)NCCN=C(N)NC(C)CCCC(C)C)s1.I. The molecule has 0 aliphatic heterocycles. The van der Waals surface area contributed by atoms with E-state index < -0.39 is 10.0 Å². The number of sulfonamides is 1. The van der Waals surface area contributed by atoms with Gasteiger partial charge in [0, 0.05) is 17.5 Å². The minimum Gasteiger partial charge on any atom is -0.370 e. The molecule has 0 aromatic carbocycles.